The predicted octanol–water partition coefficient (Wildman–Crippen LogP) is -0.0932. The van der Waals surface area contributed by atoms with E-state index in [1.165, 1.54) is 6.07 Å². The fourth-order valence-electron chi connectivity index (χ4n) is 1.97. The van der Waals surface area contributed by atoms with Crippen molar-refractivity contribution < 1.29 is 16.8 Å². The molecule has 0 amide bonds. The van der Waals surface area contributed by atoms with Gasteiger partial charge in [0.25, 0.3) is 0 Å². The minimum Gasteiger partial charge on any atom is -0.315 e. The van der Waals surface area contributed by atoms with Crippen LogP contribution in [0.2, 0.25) is 0 Å². The lowest BCUT2D eigenvalue weighted by Crippen LogP contribution is -2.41. The van der Waals surface area contributed by atoms with Crippen LogP contribution in [0.15, 0.2) is 21.7 Å². The smallest absolute Gasteiger partial charge is 0.193 e. The predicted molar refractivity (Wildman–Crippen MR) is 66.8 cm³/mol. The van der Waals surface area contributed by atoms with Gasteiger partial charge in [0.2, 0.25) is 0 Å². The van der Waals surface area contributed by atoms with Crippen LogP contribution < -0.4 is 5.32 Å². The van der Waals surface area contributed by atoms with Gasteiger partial charge in [0.05, 0.1) is 16.8 Å². The van der Waals surface area contributed by atoms with Crippen molar-refractivity contribution in [2.45, 2.75) is 15.5 Å². The first-order valence-electron chi connectivity index (χ1n) is 5.02. The van der Waals surface area contributed by atoms with Gasteiger partial charge >= 0.3 is 0 Å². The SMILES string of the molecule is CN[C@@H]1CS(=O)(=O)C[C@H]1S(=O)(=O)c1cccs1. The lowest BCUT2D eigenvalue weighted by molar-refractivity contribution is 0.555. The van der Waals surface area contributed by atoms with Crippen molar-refractivity contribution in [3.05, 3.63) is 17.5 Å². The maximum Gasteiger partial charge on any atom is 0.193 e. The van der Waals surface area contributed by atoms with E-state index in [4.69, 9.17) is 0 Å². The number of hydrogen-bond donors (Lipinski definition) is 1. The third-order valence-electron chi connectivity index (χ3n) is 2.85. The molecule has 8 heteroatoms. The highest BCUT2D eigenvalue weighted by molar-refractivity contribution is 7.97. The summed E-state index contributed by atoms with van der Waals surface area (Å²) >= 11 is 1.12. The van der Waals surface area contributed by atoms with Crippen molar-refractivity contribution in [2.24, 2.45) is 0 Å². The summed E-state index contributed by atoms with van der Waals surface area (Å²) in [6.45, 7) is 0. The first kappa shape index (κ1) is 13.0. The van der Waals surface area contributed by atoms with E-state index in [1.807, 2.05) is 0 Å². The van der Waals surface area contributed by atoms with Gasteiger partial charge in [0, 0.05) is 6.04 Å². The Morgan fingerprint density at radius 1 is 1.41 bits per heavy atom. The average molecular weight is 295 g/mol. The fourth-order valence-corrected chi connectivity index (χ4v) is 7.99. The largest absolute Gasteiger partial charge is 0.315 e. The van der Waals surface area contributed by atoms with Crippen molar-refractivity contribution in [3.8, 4) is 0 Å². The summed E-state index contributed by atoms with van der Waals surface area (Å²) in [5, 5.41) is 3.58. The minimum absolute atomic E-state index is 0.112. The first-order valence-corrected chi connectivity index (χ1v) is 9.26. The molecule has 1 aliphatic heterocycles. The Kier molecular flexibility index (Phi) is 3.32. The summed E-state index contributed by atoms with van der Waals surface area (Å²) in [7, 11) is -5.23. The molecule has 5 nitrogen and oxygen atoms in total. The van der Waals surface area contributed by atoms with Crippen LogP contribution in [0.3, 0.4) is 0 Å². The van der Waals surface area contributed by atoms with E-state index in [-0.39, 0.29) is 15.7 Å². The van der Waals surface area contributed by atoms with Gasteiger partial charge in [0.15, 0.2) is 19.7 Å². The van der Waals surface area contributed by atoms with Gasteiger partial charge in [-0.3, -0.25) is 0 Å². The van der Waals surface area contributed by atoms with Gasteiger partial charge in [0.1, 0.15) is 4.21 Å². The lowest BCUT2D eigenvalue weighted by Gasteiger charge is -2.16. The maximum atomic E-state index is 12.3. The molecule has 0 aromatic carbocycles. The molecule has 1 fully saturated rings. The highest BCUT2D eigenvalue weighted by Crippen LogP contribution is 2.28. The molecule has 2 rings (SSSR count). The second-order valence-corrected chi connectivity index (χ2v) is 9.48. The zero-order chi connectivity index (χ0) is 12.7. The number of hydrogen-bond acceptors (Lipinski definition) is 6. The van der Waals surface area contributed by atoms with Gasteiger partial charge in [-0.1, -0.05) is 6.07 Å². The molecule has 0 aliphatic carbocycles. The highest BCUT2D eigenvalue weighted by Gasteiger charge is 2.45. The highest BCUT2D eigenvalue weighted by atomic mass is 32.2. The summed E-state index contributed by atoms with van der Waals surface area (Å²) in [6.07, 6.45) is 0. The second-order valence-electron chi connectivity index (χ2n) is 3.99. The van der Waals surface area contributed by atoms with E-state index in [1.54, 1.807) is 18.5 Å². The molecular weight excluding hydrogens is 282 g/mol. The Hall–Kier alpha value is -0.440. The molecule has 1 saturated heterocycles. The van der Waals surface area contributed by atoms with Crippen LogP contribution in [0, 0.1) is 0 Å². The van der Waals surface area contributed by atoms with Crippen LogP contribution >= 0.6 is 11.3 Å². The zero-order valence-electron chi connectivity index (χ0n) is 9.16. The third-order valence-corrected chi connectivity index (χ3v) is 8.43. The van der Waals surface area contributed by atoms with Crippen molar-refractivity contribution >= 4 is 31.0 Å². The molecule has 2 atom stereocenters. The van der Waals surface area contributed by atoms with Gasteiger partial charge in [-0.15, -0.1) is 11.3 Å². The Bertz CT molecular complexity index is 588. The molecule has 0 radical (unpaired) electrons. The third kappa shape index (κ3) is 2.40. The van der Waals surface area contributed by atoms with Crippen molar-refractivity contribution in [1.29, 1.82) is 0 Å². The summed E-state index contributed by atoms with van der Waals surface area (Å²) in [4.78, 5) is 0. The normalized spacial score (nSPS) is 28.3. The van der Waals surface area contributed by atoms with E-state index < -0.39 is 31.0 Å². The Balaban J connectivity index is 2.41. The van der Waals surface area contributed by atoms with Crippen molar-refractivity contribution in [1.82, 2.24) is 5.32 Å². The molecule has 0 bridgehead atoms. The Morgan fingerprint density at radius 2 is 2.12 bits per heavy atom. The van der Waals surface area contributed by atoms with Crippen molar-refractivity contribution in [2.75, 3.05) is 18.6 Å². The quantitative estimate of drug-likeness (QED) is 0.843. The van der Waals surface area contributed by atoms with Crippen LogP contribution in [0.1, 0.15) is 0 Å². The number of thiophene rings is 1. The van der Waals surface area contributed by atoms with Gasteiger partial charge in [-0.05, 0) is 18.5 Å². The van der Waals surface area contributed by atoms with E-state index in [2.05, 4.69) is 5.32 Å². The summed E-state index contributed by atoms with van der Waals surface area (Å²) in [5.41, 5.74) is 0. The Morgan fingerprint density at radius 3 is 2.65 bits per heavy atom. The van der Waals surface area contributed by atoms with Crippen LogP contribution in [-0.2, 0) is 19.7 Å². The molecule has 0 unspecified atom stereocenters. The molecular formula is C9H13NO4S3. The molecule has 17 heavy (non-hydrogen) atoms. The summed E-state index contributed by atoms with van der Waals surface area (Å²) in [6, 6.07) is 2.64. The molecule has 2 heterocycles. The summed E-state index contributed by atoms with van der Waals surface area (Å²) in [5.74, 6) is -0.405. The molecule has 96 valence electrons. The number of nitrogens with one attached hydrogen (secondary N) is 1. The van der Waals surface area contributed by atoms with E-state index in [0.29, 0.717) is 0 Å². The van der Waals surface area contributed by atoms with E-state index in [9.17, 15) is 16.8 Å². The first-order chi connectivity index (χ1) is 7.87. The maximum absolute atomic E-state index is 12.3. The molecule has 0 spiro atoms. The molecule has 1 N–H and O–H groups in total. The van der Waals surface area contributed by atoms with Crippen LogP contribution in [0.4, 0.5) is 0 Å². The fraction of sp³-hybridized carbons (Fsp3) is 0.556. The van der Waals surface area contributed by atoms with Gasteiger partial charge < -0.3 is 5.32 Å². The van der Waals surface area contributed by atoms with Gasteiger partial charge in [-0.2, -0.15) is 0 Å². The van der Waals surface area contributed by atoms with Crippen LogP contribution in [0.25, 0.3) is 0 Å². The van der Waals surface area contributed by atoms with Gasteiger partial charge in [-0.25, -0.2) is 16.8 Å². The molecule has 1 aromatic rings. The summed E-state index contributed by atoms with van der Waals surface area (Å²) < 4.78 is 47.8. The average Bonchev–Trinajstić information content (AvgIpc) is 2.84. The zero-order valence-corrected chi connectivity index (χ0v) is 11.6. The molecule has 1 aliphatic rings. The topological polar surface area (TPSA) is 80.3 Å². The number of rotatable bonds is 3. The second kappa shape index (κ2) is 4.34. The minimum atomic E-state index is -3.55. The van der Waals surface area contributed by atoms with Crippen LogP contribution in [-0.4, -0.2) is 46.7 Å². The standard InChI is InChI=1S/C9H13NO4S3/c1-10-7-5-16(11,12)6-8(7)17(13,14)9-3-2-4-15-9/h2-4,7-8,10H,5-6H2,1H3/t7-,8-/m1/s1. The van der Waals surface area contributed by atoms with E-state index >= 15 is 0 Å². The number of sulfone groups is 2. The lowest BCUT2D eigenvalue weighted by atomic mass is 10.3. The monoisotopic (exact) mass is 295 g/mol. The molecule has 1 aromatic heterocycles. The van der Waals surface area contributed by atoms with Crippen LogP contribution in [0.5, 0.6) is 0 Å². The van der Waals surface area contributed by atoms with Crippen molar-refractivity contribution in [3.63, 3.8) is 0 Å². The Labute approximate surface area is 105 Å². The molecule has 0 saturated carbocycles. The van der Waals surface area contributed by atoms with E-state index in [0.717, 1.165) is 11.3 Å².